The van der Waals surface area contributed by atoms with Gasteiger partial charge in [0.05, 0.1) is 18.8 Å². The van der Waals surface area contributed by atoms with Gasteiger partial charge >= 0.3 is 5.97 Å². The fraction of sp³-hybridized carbons (Fsp3) is 0.900. The molecule has 0 fully saturated rings. The zero-order valence-corrected chi connectivity index (χ0v) is 10.9. The molecule has 0 aromatic carbocycles. The molecule has 0 spiro atoms. The summed E-state index contributed by atoms with van der Waals surface area (Å²) in [4.78, 5) is 14.4. The van der Waals surface area contributed by atoms with Crippen molar-refractivity contribution >= 4 is 16.1 Å². The summed E-state index contributed by atoms with van der Waals surface area (Å²) in [6.07, 6.45) is 4.28. The summed E-state index contributed by atoms with van der Waals surface area (Å²) >= 11 is 0. The number of carboxylic acids is 1. The first-order valence-electron chi connectivity index (χ1n) is 5.73. The molecule has 102 valence electrons. The average Bonchev–Trinajstić information content (AvgIpc) is 2.24. The van der Waals surface area contributed by atoms with Crippen LogP contribution in [0.25, 0.3) is 0 Å². The third kappa shape index (κ3) is 11.6. The van der Waals surface area contributed by atoms with Crippen molar-refractivity contribution in [2.45, 2.75) is 45.4 Å². The van der Waals surface area contributed by atoms with E-state index in [2.05, 4.69) is 16.1 Å². The molecule has 0 aliphatic carbocycles. The van der Waals surface area contributed by atoms with E-state index in [9.17, 15) is 13.2 Å². The molecular formula is C10H20O6S. The lowest BCUT2D eigenvalue weighted by Crippen LogP contribution is -2.13. The molecule has 0 aliphatic rings. The monoisotopic (exact) mass is 268 g/mol. The molecular weight excluding hydrogens is 248 g/mol. The summed E-state index contributed by atoms with van der Waals surface area (Å²) in [5.41, 5.74) is 0. The van der Waals surface area contributed by atoms with Crippen molar-refractivity contribution < 1.29 is 27.5 Å². The highest BCUT2D eigenvalue weighted by Crippen LogP contribution is 2.06. The van der Waals surface area contributed by atoms with Crippen LogP contribution in [0.15, 0.2) is 0 Å². The first-order chi connectivity index (χ1) is 7.98. The van der Waals surface area contributed by atoms with Crippen molar-refractivity contribution in [2.24, 2.45) is 0 Å². The van der Waals surface area contributed by atoms with Gasteiger partial charge in [-0.15, -0.1) is 4.33 Å². The van der Waals surface area contributed by atoms with Gasteiger partial charge in [0.2, 0.25) is 0 Å². The smallest absolute Gasteiger partial charge is 0.305 e. The van der Waals surface area contributed by atoms with Gasteiger partial charge in [0.15, 0.2) is 0 Å². The molecule has 7 heteroatoms. The van der Waals surface area contributed by atoms with Crippen LogP contribution in [-0.2, 0) is 24.1 Å². The van der Waals surface area contributed by atoms with Gasteiger partial charge in [-0.3, -0.25) is 4.79 Å². The summed E-state index contributed by atoms with van der Waals surface area (Å²) < 4.78 is 26.6. The number of rotatable bonds is 11. The minimum absolute atomic E-state index is 0.0935. The van der Waals surface area contributed by atoms with Crippen LogP contribution in [0.2, 0.25) is 0 Å². The van der Waals surface area contributed by atoms with E-state index in [0.717, 1.165) is 25.7 Å². The van der Waals surface area contributed by atoms with E-state index in [4.69, 9.17) is 5.11 Å². The molecule has 1 N–H and O–H groups in total. The molecule has 0 atom stereocenters. The summed E-state index contributed by atoms with van der Waals surface area (Å²) in [5, 5.41) is 8.28. The van der Waals surface area contributed by atoms with Gasteiger partial charge < -0.3 is 5.11 Å². The molecule has 0 radical (unpaired) electrons. The Morgan fingerprint density at radius 1 is 1.18 bits per heavy atom. The molecule has 0 saturated heterocycles. The van der Waals surface area contributed by atoms with Gasteiger partial charge in [-0.2, -0.15) is 8.42 Å². The largest absolute Gasteiger partial charge is 0.481 e. The van der Waals surface area contributed by atoms with E-state index >= 15 is 0 Å². The number of carboxylic acid groups (broad SMARTS) is 1. The fourth-order valence-electron chi connectivity index (χ4n) is 1.15. The van der Waals surface area contributed by atoms with Crippen LogP contribution in [0.5, 0.6) is 0 Å². The van der Waals surface area contributed by atoms with Gasteiger partial charge in [-0.25, -0.2) is 4.89 Å². The SMILES string of the molecule is CCCCCCCS(=O)(=O)OOCCC(=O)O. The maximum atomic E-state index is 11.2. The van der Waals surface area contributed by atoms with Crippen molar-refractivity contribution in [3.63, 3.8) is 0 Å². The van der Waals surface area contributed by atoms with Crippen molar-refractivity contribution in [3.05, 3.63) is 0 Å². The van der Waals surface area contributed by atoms with Gasteiger partial charge in [-0.05, 0) is 6.42 Å². The van der Waals surface area contributed by atoms with Crippen LogP contribution in [0.3, 0.4) is 0 Å². The van der Waals surface area contributed by atoms with Crippen molar-refractivity contribution in [3.8, 4) is 0 Å². The lowest BCUT2D eigenvalue weighted by Gasteiger charge is -2.03. The molecule has 6 nitrogen and oxygen atoms in total. The maximum Gasteiger partial charge on any atom is 0.305 e. The Bertz CT molecular complexity index is 298. The second-order valence-electron chi connectivity index (χ2n) is 3.71. The second kappa shape index (κ2) is 9.38. The highest BCUT2D eigenvalue weighted by Gasteiger charge is 2.12. The molecule has 0 amide bonds. The van der Waals surface area contributed by atoms with E-state index in [-0.39, 0.29) is 18.8 Å². The van der Waals surface area contributed by atoms with Crippen LogP contribution < -0.4 is 0 Å². The molecule has 17 heavy (non-hydrogen) atoms. The Hall–Kier alpha value is -0.660. The number of unbranched alkanes of at least 4 members (excludes halogenated alkanes) is 4. The van der Waals surface area contributed by atoms with E-state index < -0.39 is 16.1 Å². The van der Waals surface area contributed by atoms with Crippen LogP contribution >= 0.6 is 0 Å². The second-order valence-corrected chi connectivity index (χ2v) is 5.37. The Labute approximate surface area is 102 Å². The minimum Gasteiger partial charge on any atom is -0.481 e. The predicted octanol–water partition coefficient (Wildman–Crippen LogP) is 1.71. The topological polar surface area (TPSA) is 89.9 Å². The number of aliphatic carboxylic acids is 1. The average molecular weight is 268 g/mol. The Morgan fingerprint density at radius 3 is 2.41 bits per heavy atom. The maximum absolute atomic E-state index is 11.2. The zero-order valence-electron chi connectivity index (χ0n) is 10.1. The predicted molar refractivity (Wildman–Crippen MR) is 61.8 cm³/mol. The molecule has 0 aromatic heterocycles. The van der Waals surface area contributed by atoms with Crippen LogP contribution in [0, 0.1) is 0 Å². The number of carbonyl (C=O) groups is 1. The minimum atomic E-state index is -3.68. The van der Waals surface area contributed by atoms with Crippen molar-refractivity contribution in [1.82, 2.24) is 0 Å². The van der Waals surface area contributed by atoms with Gasteiger partial charge in [0.25, 0.3) is 10.1 Å². The molecule has 0 rings (SSSR count). The van der Waals surface area contributed by atoms with Crippen molar-refractivity contribution in [2.75, 3.05) is 12.4 Å². The third-order valence-corrected chi connectivity index (χ3v) is 3.14. The van der Waals surface area contributed by atoms with E-state index in [1.54, 1.807) is 0 Å². The molecule has 0 unspecified atom stereocenters. The van der Waals surface area contributed by atoms with Crippen LogP contribution in [0.4, 0.5) is 0 Å². The molecule has 0 aliphatic heterocycles. The lowest BCUT2D eigenvalue weighted by atomic mass is 10.2. The molecule has 0 heterocycles. The highest BCUT2D eigenvalue weighted by molar-refractivity contribution is 7.86. The summed E-state index contributed by atoms with van der Waals surface area (Å²) in [6.45, 7) is 1.81. The Balaban J connectivity index is 3.55. The normalized spacial score (nSPS) is 11.6. The fourth-order valence-corrected chi connectivity index (χ4v) is 1.99. The quantitative estimate of drug-likeness (QED) is 0.348. The van der Waals surface area contributed by atoms with Gasteiger partial charge in [0.1, 0.15) is 0 Å². The lowest BCUT2D eigenvalue weighted by molar-refractivity contribution is -0.204. The molecule has 0 bridgehead atoms. The van der Waals surface area contributed by atoms with Crippen molar-refractivity contribution in [1.29, 1.82) is 0 Å². The van der Waals surface area contributed by atoms with Crippen LogP contribution in [0.1, 0.15) is 45.4 Å². The summed E-state index contributed by atoms with van der Waals surface area (Å²) in [6, 6.07) is 0. The third-order valence-electron chi connectivity index (χ3n) is 2.05. The first-order valence-corrected chi connectivity index (χ1v) is 7.31. The van der Waals surface area contributed by atoms with E-state index in [0.29, 0.717) is 6.42 Å². The van der Waals surface area contributed by atoms with Crippen LogP contribution in [-0.4, -0.2) is 31.9 Å². The molecule has 0 aromatic rings. The Kier molecular flexibility index (Phi) is 9.01. The number of hydrogen-bond acceptors (Lipinski definition) is 5. The Morgan fingerprint density at radius 2 is 1.82 bits per heavy atom. The number of hydrogen-bond donors (Lipinski definition) is 1. The zero-order chi connectivity index (χ0) is 13.1. The standard InChI is InChI=1S/C10H20O6S/c1-2-3-4-5-6-9-17(13,14)16-15-8-7-10(11)12/h2-9H2,1H3,(H,11,12). The van der Waals surface area contributed by atoms with Gasteiger partial charge in [0, 0.05) is 0 Å². The van der Waals surface area contributed by atoms with E-state index in [1.165, 1.54) is 0 Å². The van der Waals surface area contributed by atoms with E-state index in [1.807, 2.05) is 0 Å². The highest BCUT2D eigenvalue weighted by atomic mass is 32.2. The summed E-state index contributed by atoms with van der Waals surface area (Å²) in [5.74, 6) is -1.16. The summed E-state index contributed by atoms with van der Waals surface area (Å²) in [7, 11) is -3.68. The molecule has 0 saturated carbocycles. The van der Waals surface area contributed by atoms with Gasteiger partial charge in [-0.1, -0.05) is 32.6 Å². The first kappa shape index (κ1) is 16.3.